The van der Waals surface area contributed by atoms with E-state index < -0.39 is 0 Å². The highest BCUT2D eigenvalue weighted by molar-refractivity contribution is 7.80. The highest BCUT2D eigenvalue weighted by Gasteiger charge is 2.25. The van der Waals surface area contributed by atoms with Crippen LogP contribution in [0.15, 0.2) is 36.4 Å². The fourth-order valence-corrected chi connectivity index (χ4v) is 4.50. The van der Waals surface area contributed by atoms with Gasteiger partial charge in [-0.15, -0.1) is 0 Å². The topological polar surface area (TPSA) is 37.0 Å². The molecule has 0 atom stereocenters. The molecule has 0 aromatic heterocycles. The molecule has 0 amide bonds. The standard InChI is InChI=1S/C24H32ClN3O2S/c1-17-20(25)6-5-7-21(17)26-24(31)28(19-11-13-27(2)14-12-19)15-10-18-8-9-22(29-3)23(16-18)30-4/h5-9,16,19H,10-15H2,1-4H3,(H,26,31). The Morgan fingerprint density at radius 3 is 2.55 bits per heavy atom. The van der Waals surface area contributed by atoms with Gasteiger partial charge in [0.1, 0.15) is 0 Å². The molecule has 0 spiro atoms. The average molecular weight is 462 g/mol. The maximum absolute atomic E-state index is 6.31. The highest BCUT2D eigenvalue weighted by Crippen LogP contribution is 2.28. The molecule has 1 aliphatic rings. The van der Waals surface area contributed by atoms with Crippen molar-refractivity contribution in [3.05, 3.63) is 52.5 Å². The molecule has 0 unspecified atom stereocenters. The molecule has 3 rings (SSSR count). The fourth-order valence-electron chi connectivity index (χ4n) is 3.97. The molecule has 0 bridgehead atoms. The Bertz CT molecular complexity index is 900. The third kappa shape index (κ3) is 6.03. The van der Waals surface area contributed by atoms with E-state index in [1.807, 2.05) is 37.3 Å². The number of halogens is 1. The first kappa shape index (κ1) is 23.6. The Kier molecular flexibility index (Phi) is 8.41. The summed E-state index contributed by atoms with van der Waals surface area (Å²) in [6, 6.07) is 12.4. The molecule has 0 radical (unpaired) electrons. The summed E-state index contributed by atoms with van der Waals surface area (Å²) in [7, 11) is 5.50. The number of nitrogens with zero attached hydrogens (tertiary/aromatic N) is 2. The van der Waals surface area contributed by atoms with Crippen LogP contribution in [0.1, 0.15) is 24.0 Å². The molecular weight excluding hydrogens is 430 g/mol. The molecule has 5 nitrogen and oxygen atoms in total. The summed E-state index contributed by atoms with van der Waals surface area (Å²) >= 11 is 12.2. The smallest absolute Gasteiger partial charge is 0.173 e. The van der Waals surface area contributed by atoms with Gasteiger partial charge in [0.25, 0.3) is 0 Å². The summed E-state index contributed by atoms with van der Waals surface area (Å²) in [6.45, 7) is 5.00. The van der Waals surface area contributed by atoms with Crippen LogP contribution in [0.3, 0.4) is 0 Å². The van der Waals surface area contributed by atoms with E-state index in [4.69, 9.17) is 33.3 Å². The van der Waals surface area contributed by atoms with Crippen molar-refractivity contribution in [1.29, 1.82) is 0 Å². The first-order chi connectivity index (χ1) is 14.9. The maximum atomic E-state index is 6.31. The lowest BCUT2D eigenvalue weighted by Crippen LogP contribution is -2.48. The lowest BCUT2D eigenvalue weighted by atomic mass is 10.0. The van der Waals surface area contributed by atoms with Gasteiger partial charge in [-0.05, 0) is 93.9 Å². The fraction of sp³-hybridized carbons (Fsp3) is 0.458. The number of thiocarbonyl (C=S) groups is 1. The van der Waals surface area contributed by atoms with Gasteiger partial charge in [-0.3, -0.25) is 0 Å². The van der Waals surface area contributed by atoms with E-state index in [9.17, 15) is 0 Å². The zero-order chi connectivity index (χ0) is 22.4. The van der Waals surface area contributed by atoms with Crippen molar-refractivity contribution in [3.8, 4) is 11.5 Å². The van der Waals surface area contributed by atoms with Gasteiger partial charge in [-0.25, -0.2) is 0 Å². The third-order valence-corrected chi connectivity index (χ3v) is 6.73. The highest BCUT2D eigenvalue weighted by atomic mass is 35.5. The normalized spacial score (nSPS) is 14.9. The number of hydrogen-bond donors (Lipinski definition) is 1. The first-order valence-electron chi connectivity index (χ1n) is 10.6. The van der Waals surface area contributed by atoms with Gasteiger partial charge < -0.3 is 24.6 Å². The van der Waals surface area contributed by atoms with E-state index in [1.165, 1.54) is 5.56 Å². The van der Waals surface area contributed by atoms with Crippen LogP contribution in [-0.2, 0) is 6.42 Å². The van der Waals surface area contributed by atoms with E-state index in [2.05, 4.69) is 28.2 Å². The van der Waals surface area contributed by atoms with E-state index in [0.29, 0.717) is 6.04 Å². The average Bonchev–Trinajstić information content (AvgIpc) is 2.78. The van der Waals surface area contributed by atoms with Crippen molar-refractivity contribution >= 4 is 34.6 Å². The van der Waals surface area contributed by atoms with Crippen LogP contribution in [0.5, 0.6) is 11.5 Å². The molecule has 168 valence electrons. The number of benzene rings is 2. The minimum absolute atomic E-state index is 0.413. The molecule has 1 saturated heterocycles. The number of hydrogen-bond acceptors (Lipinski definition) is 4. The van der Waals surface area contributed by atoms with Crippen LogP contribution >= 0.6 is 23.8 Å². The maximum Gasteiger partial charge on any atom is 0.173 e. The van der Waals surface area contributed by atoms with Crippen LogP contribution < -0.4 is 14.8 Å². The Hall–Kier alpha value is -2.02. The molecule has 1 aliphatic heterocycles. The molecule has 0 saturated carbocycles. The van der Waals surface area contributed by atoms with Gasteiger partial charge in [0.05, 0.1) is 14.2 Å². The second-order valence-electron chi connectivity index (χ2n) is 8.01. The van der Waals surface area contributed by atoms with Crippen molar-refractivity contribution in [2.24, 2.45) is 0 Å². The molecule has 0 aliphatic carbocycles. The van der Waals surface area contributed by atoms with Crippen LogP contribution in [0.25, 0.3) is 0 Å². The van der Waals surface area contributed by atoms with Crippen molar-refractivity contribution in [3.63, 3.8) is 0 Å². The summed E-state index contributed by atoms with van der Waals surface area (Å²) in [6.07, 6.45) is 3.06. The van der Waals surface area contributed by atoms with Crippen LogP contribution in [-0.4, -0.2) is 61.9 Å². The Morgan fingerprint density at radius 1 is 1.16 bits per heavy atom. The predicted octanol–water partition coefficient (Wildman–Crippen LogP) is 5.00. The number of methoxy groups -OCH3 is 2. The Balaban J connectivity index is 1.76. The monoisotopic (exact) mass is 461 g/mol. The van der Waals surface area contributed by atoms with Crippen LogP contribution in [0, 0.1) is 6.92 Å². The minimum atomic E-state index is 0.413. The number of anilines is 1. The van der Waals surface area contributed by atoms with E-state index in [-0.39, 0.29) is 0 Å². The van der Waals surface area contributed by atoms with Gasteiger partial charge in [-0.1, -0.05) is 23.7 Å². The van der Waals surface area contributed by atoms with Gasteiger partial charge in [0.2, 0.25) is 0 Å². The number of piperidine rings is 1. The van der Waals surface area contributed by atoms with Gasteiger partial charge in [0, 0.05) is 23.3 Å². The van der Waals surface area contributed by atoms with Crippen molar-refractivity contribution in [1.82, 2.24) is 9.80 Å². The molecule has 31 heavy (non-hydrogen) atoms. The molecular formula is C24H32ClN3O2S. The number of ether oxygens (including phenoxy) is 2. The van der Waals surface area contributed by atoms with E-state index >= 15 is 0 Å². The second-order valence-corrected chi connectivity index (χ2v) is 8.80. The Morgan fingerprint density at radius 2 is 1.87 bits per heavy atom. The molecule has 7 heteroatoms. The summed E-state index contributed by atoms with van der Waals surface area (Å²) in [5, 5.41) is 4.94. The first-order valence-corrected chi connectivity index (χ1v) is 11.4. The number of likely N-dealkylation sites (tertiary alicyclic amines) is 1. The SMILES string of the molecule is COc1ccc(CCN(C(=S)Nc2cccc(Cl)c2C)C2CCN(C)CC2)cc1OC. The largest absolute Gasteiger partial charge is 0.493 e. The lowest BCUT2D eigenvalue weighted by molar-refractivity contribution is 0.178. The molecule has 1 fully saturated rings. The summed E-state index contributed by atoms with van der Waals surface area (Å²) in [5.41, 5.74) is 3.16. The lowest BCUT2D eigenvalue weighted by Gasteiger charge is -2.39. The minimum Gasteiger partial charge on any atom is -0.493 e. The number of nitrogens with one attached hydrogen (secondary N) is 1. The number of rotatable bonds is 7. The van der Waals surface area contributed by atoms with Gasteiger partial charge in [0.15, 0.2) is 16.6 Å². The zero-order valence-corrected chi connectivity index (χ0v) is 20.4. The quantitative estimate of drug-likeness (QED) is 0.585. The summed E-state index contributed by atoms with van der Waals surface area (Å²) in [5.74, 6) is 1.49. The van der Waals surface area contributed by atoms with Crippen LogP contribution in [0.4, 0.5) is 5.69 Å². The Labute approximate surface area is 196 Å². The van der Waals surface area contributed by atoms with E-state index in [0.717, 1.165) is 71.8 Å². The van der Waals surface area contributed by atoms with Crippen molar-refractivity contribution < 1.29 is 9.47 Å². The van der Waals surface area contributed by atoms with E-state index in [1.54, 1.807) is 14.2 Å². The van der Waals surface area contributed by atoms with Gasteiger partial charge in [-0.2, -0.15) is 0 Å². The zero-order valence-electron chi connectivity index (χ0n) is 18.8. The molecule has 1 N–H and O–H groups in total. The third-order valence-electron chi connectivity index (χ3n) is 5.99. The molecule has 2 aromatic carbocycles. The predicted molar refractivity (Wildman–Crippen MR) is 133 cm³/mol. The van der Waals surface area contributed by atoms with Crippen LogP contribution in [0.2, 0.25) is 5.02 Å². The van der Waals surface area contributed by atoms with Crippen molar-refractivity contribution in [2.75, 3.05) is 46.2 Å². The summed E-state index contributed by atoms with van der Waals surface area (Å²) in [4.78, 5) is 4.72. The molecule has 2 aromatic rings. The van der Waals surface area contributed by atoms with Crippen molar-refractivity contribution in [2.45, 2.75) is 32.2 Å². The van der Waals surface area contributed by atoms with Gasteiger partial charge >= 0.3 is 0 Å². The second kappa shape index (κ2) is 11.0. The molecule has 1 heterocycles. The summed E-state index contributed by atoms with van der Waals surface area (Å²) < 4.78 is 10.8.